The first-order valence-corrected chi connectivity index (χ1v) is 7.93. The van der Waals surface area contributed by atoms with E-state index in [-0.39, 0.29) is 27.6 Å². The highest BCUT2D eigenvalue weighted by atomic mass is 32.2. The van der Waals surface area contributed by atoms with Gasteiger partial charge in [0.25, 0.3) is 5.92 Å². The van der Waals surface area contributed by atoms with Gasteiger partial charge in [-0.3, -0.25) is 9.97 Å². The molecule has 0 radical (unpaired) electrons. The van der Waals surface area contributed by atoms with Crippen LogP contribution < -0.4 is 0 Å². The van der Waals surface area contributed by atoms with Crippen LogP contribution in [-0.4, -0.2) is 24.1 Å². The first kappa shape index (κ1) is 15.5. The van der Waals surface area contributed by atoms with Crippen LogP contribution in [0.15, 0.2) is 41.6 Å². The molecule has 0 amide bonds. The van der Waals surface area contributed by atoms with E-state index < -0.39 is 15.8 Å². The van der Waals surface area contributed by atoms with Crippen LogP contribution in [0.25, 0.3) is 11.4 Å². The molecule has 0 aliphatic carbocycles. The zero-order valence-electron chi connectivity index (χ0n) is 11.5. The van der Waals surface area contributed by atoms with Gasteiger partial charge in [0.1, 0.15) is 5.69 Å². The second kappa shape index (κ2) is 5.48. The molecule has 0 spiro atoms. The number of pyridine rings is 2. The highest BCUT2D eigenvalue weighted by molar-refractivity contribution is 7.91. The summed E-state index contributed by atoms with van der Waals surface area (Å²) in [6.45, 7) is 2.30. The Balaban J connectivity index is 2.54. The van der Waals surface area contributed by atoms with Gasteiger partial charge in [0.15, 0.2) is 9.84 Å². The van der Waals surface area contributed by atoms with Crippen LogP contribution >= 0.6 is 0 Å². The van der Waals surface area contributed by atoms with E-state index in [9.17, 15) is 17.2 Å². The number of rotatable bonds is 4. The molecule has 2 rings (SSSR count). The van der Waals surface area contributed by atoms with Crippen molar-refractivity contribution in [1.82, 2.24) is 9.97 Å². The maximum atomic E-state index is 13.2. The Labute approximate surface area is 121 Å². The Bertz CT molecular complexity index is 738. The molecule has 0 N–H and O–H groups in total. The summed E-state index contributed by atoms with van der Waals surface area (Å²) in [5.41, 5.74) is 0.183. The summed E-state index contributed by atoms with van der Waals surface area (Å²) in [5.74, 6) is -3.06. The highest BCUT2D eigenvalue weighted by Gasteiger charge is 2.25. The average Bonchev–Trinajstić information content (AvgIpc) is 2.46. The smallest absolute Gasteiger partial charge is 0.254 e. The number of nitrogens with zero attached hydrogens (tertiary/aromatic N) is 2. The lowest BCUT2D eigenvalue weighted by atomic mass is 10.1. The summed E-state index contributed by atoms with van der Waals surface area (Å²) < 4.78 is 50.4. The molecule has 0 saturated heterocycles. The molecule has 0 bridgehead atoms. The van der Waals surface area contributed by atoms with Crippen LogP contribution in [0.4, 0.5) is 8.78 Å². The van der Waals surface area contributed by atoms with Gasteiger partial charge in [0.2, 0.25) is 0 Å². The molecule has 0 aromatic carbocycles. The van der Waals surface area contributed by atoms with Crippen molar-refractivity contribution in [3.8, 4) is 11.4 Å². The van der Waals surface area contributed by atoms with Crippen LogP contribution in [0, 0.1) is 0 Å². The molecule has 112 valence electrons. The molecule has 0 aliphatic heterocycles. The van der Waals surface area contributed by atoms with Crippen molar-refractivity contribution in [1.29, 1.82) is 0 Å². The number of sulfone groups is 1. The first-order valence-electron chi connectivity index (χ1n) is 6.28. The van der Waals surface area contributed by atoms with Crippen molar-refractivity contribution in [3.05, 3.63) is 42.2 Å². The van der Waals surface area contributed by atoms with E-state index in [0.717, 1.165) is 13.1 Å². The summed E-state index contributed by atoms with van der Waals surface area (Å²) in [4.78, 5) is 7.99. The molecule has 0 unspecified atom stereocenters. The molecule has 0 atom stereocenters. The van der Waals surface area contributed by atoms with Crippen molar-refractivity contribution in [2.24, 2.45) is 0 Å². The van der Waals surface area contributed by atoms with Crippen molar-refractivity contribution in [2.75, 3.05) is 5.75 Å². The Morgan fingerprint density at radius 3 is 2.43 bits per heavy atom. The Hall–Kier alpha value is -1.89. The van der Waals surface area contributed by atoms with Gasteiger partial charge in [0.05, 0.1) is 16.3 Å². The average molecular weight is 312 g/mol. The molecular weight excluding hydrogens is 298 g/mol. The Morgan fingerprint density at radius 2 is 1.90 bits per heavy atom. The summed E-state index contributed by atoms with van der Waals surface area (Å²) in [6.07, 6.45) is 2.47. The largest absolute Gasteiger partial charge is 0.272 e. The fourth-order valence-corrected chi connectivity index (χ4v) is 2.83. The molecule has 21 heavy (non-hydrogen) atoms. The predicted octanol–water partition coefficient (Wildman–Crippen LogP) is 3.05. The van der Waals surface area contributed by atoms with E-state index >= 15 is 0 Å². The van der Waals surface area contributed by atoms with E-state index in [1.54, 1.807) is 0 Å². The molecule has 2 heterocycles. The van der Waals surface area contributed by atoms with Crippen LogP contribution in [0.3, 0.4) is 0 Å². The van der Waals surface area contributed by atoms with Gasteiger partial charge in [-0.15, -0.1) is 0 Å². The lowest BCUT2D eigenvalue weighted by Gasteiger charge is -2.11. The molecule has 0 saturated carbocycles. The molecule has 2 aromatic heterocycles. The second-order valence-electron chi connectivity index (χ2n) is 4.57. The maximum Gasteiger partial charge on any atom is 0.272 e. The van der Waals surface area contributed by atoms with Gasteiger partial charge < -0.3 is 0 Å². The van der Waals surface area contributed by atoms with Crippen molar-refractivity contribution in [2.45, 2.75) is 24.7 Å². The minimum absolute atomic E-state index is 0.0519. The van der Waals surface area contributed by atoms with Crippen LogP contribution in [0.5, 0.6) is 0 Å². The van der Waals surface area contributed by atoms with Gasteiger partial charge in [-0.25, -0.2) is 17.2 Å². The van der Waals surface area contributed by atoms with E-state index in [4.69, 9.17) is 0 Å². The van der Waals surface area contributed by atoms with Crippen molar-refractivity contribution < 1.29 is 17.2 Å². The third-order valence-electron chi connectivity index (χ3n) is 3.00. The first-order chi connectivity index (χ1) is 9.75. The Morgan fingerprint density at radius 1 is 1.19 bits per heavy atom. The summed E-state index contributed by atoms with van der Waals surface area (Å²) >= 11 is 0. The van der Waals surface area contributed by atoms with Crippen molar-refractivity contribution in [3.63, 3.8) is 0 Å². The number of hydrogen-bond donors (Lipinski definition) is 0. The van der Waals surface area contributed by atoms with Gasteiger partial charge in [0, 0.05) is 24.9 Å². The van der Waals surface area contributed by atoms with Gasteiger partial charge in [-0.1, -0.05) is 6.92 Å². The second-order valence-corrected chi connectivity index (χ2v) is 6.82. The number of aromatic nitrogens is 2. The minimum atomic E-state index is -3.47. The lowest BCUT2D eigenvalue weighted by molar-refractivity contribution is 0.0171. The van der Waals surface area contributed by atoms with E-state index in [1.807, 2.05) is 0 Å². The zero-order valence-corrected chi connectivity index (χ0v) is 12.4. The van der Waals surface area contributed by atoms with Crippen molar-refractivity contribution >= 4 is 9.84 Å². The van der Waals surface area contributed by atoms with E-state index in [2.05, 4.69) is 9.97 Å². The van der Waals surface area contributed by atoms with Gasteiger partial charge >= 0.3 is 0 Å². The number of alkyl halides is 2. The summed E-state index contributed by atoms with van der Waals surface area (Å²) in [5, 5.41) is 0. The van der Waals surface area contributed by atoms with Gasteiger partial charge in [-0.2, -0.15) is 0 Å². The Kier molecular flexibility index (Phi) is 4.04. The number of hydrogen-bond acceptors (Lipinski definition) is 4. The summed E-state index contributed by atoms with van der Waals surface area (Å²) in [7, 11) is -3.47. The summed E-state index contributed by atoms with van der Waals surface area (Å²) in [6, 6.07) is 5.52. The standard InChI is InChI=1S/C14H14F2N2O2S/c1-3-21(19,20)12-5-4-8-17-13(12)11-7-6-10(9-18-11)14(2,15)16/h4-9H,3H2,1-2H3. The normalized spacial score (nSPS) is 12.4. The molecule has 7 heteroatoms. The lowest BCUT2D eigenvalue weighted by Crippen LogP contribution is -2.09. The third kappa shape index (κ3) is 3.24. The monoisotopic (exact) mass is 312 g/mol. The molecule has 0 fully saturated rings. The maximum absolute atomic E-state index is 13.2. The minimum Gasteiger partial charge on any atom is -0.254 e. The molecule has 2 aromatic rings. The topological polar surface area (TPSA) is 59.9 Å². The van der Waals surface area contributed by atoms with Crippen LogP contribution in [0.1, 0.15) is 19.4 Å². The zero-order chi connectivity index (χ0) is 15.7. The quantitative estimate of drug-likeness (QED) is 0.870. The van der Waals surface area contributed by atoms with Crippen LogP contribution in [0.2, 0.25) is 0 Å². The molecule has 0 aliphatic rings. The van der Waals surface area contributed by atoms with E-state index in [1.165, 1.54) is 37.4 Å². The fourth-order valence-electron chi connectivity index (χ4n) is 1.78. The highest BCUT2D eigenvalue weighted by Crippen LogP contribution is 2.29. The third-order valence-corrected chi connectivity index (χ3v) is 4.76. The molecule has 4 nitrogen and oxygen atoms in total. The predicted molar refractivity (Wildman–Crippen MR) is 74.8 cm³/mol. The fraction of sp³-hybridized carbons (Fsp3) is 0.286. The van der Waals surface area contributed by atoms with Crippen LogP contribution in [-0.2, 0) is 15.8 Å². The SMILES string of the molecule is CCS(=O)(=O)c1cccnc1-c1ccc(C(C)(F)F)cn1. The molecular formula is C14H14F2N2O2S. The van der Waals surface area contributed by atoms with Gasteiger partial charge in [-0.05, 0) is 24.3 Å². The van der Waals surface area contributed by atoms with E-state index in [0.29, 0.717) is 0 Å². The number of halogens is 2.